The van der Waals surface area contributed by atoms with Crippen LogP contribution in [0, 0.1) is 0 Å². The van der Waals surface area contributed by atoms with Gasteiger partial charge >= 0.3 is 6.18 Å². The van der Waals surface area contributed by atoms with E-state index in [1.165, 1.54) is 11.0 Å². The lowest BCUT2D eigenvalue weighted by Gasteiger charge is -2.32. The summed E-state index contributed by atoms with van der Waals surface area (Å²) in [5.74, 6) is -0.810. The molecule has 8 heteroatoms. The van der Waals surface area contributed by atoms with Crippen LogP contribution < -0.4 is 10.2 Å². The van der Waals surface area contributed by atoms with Gasteiger partial charge in [-0.05, 0) is 36.6 Å². The summed E-state index contributed by atoms with van der Waals surface area (Å²) >= 11 is 0. The zero-order valence-electron chi connectivity index (χ0n) is 15.6. The van der Waals surface area contributed by atoms with Gasteiger partial charge in [0.1, 0.15) is 6.54 Å². The largest absolute Gasteiger partial charge is 0.416 e. The van der Waals surface area contributed by atoms with Crippen LogP contribution in [0.25, 0.3) is 0 Å². The van der Waals surface area contributed by atoms with Crippen molar-refractivity contribution in [2.45, 2.75) is 31.6 Å². The maximum absolute atomic E-state index is 13.0. The molecule has 2 aromatic carbocycles. The minimum Gasteiger partial charge on any atom is -0.323 e. The molecule has 29 heavy (non-hydrogen) atoms. The molecule has 1 saturated carbocycles. The molecule has 1 aliphatic heterocycles. The van der Waals surface area contributed by atoms with Crippen LogP contribution in [0.2, 0.25) is 0 Å². The van der Waals surface area contributed by atoms with E-state index in [4.69, 9.17) is 0 Å². The Kier molecular flexibility index (Phi) is 5.04. The van der Waals surface area contributed by atoms with Crippen molar-refractivity contribution in [2.24, 2.45) is 0 Å². The second-order valence-electron chi connectivity index (χ2n) is 7.38. The summed E-state index contributed by atoms with van der Waals surface area (Å²) in [7, 11) is 0. The quantitative estimate of drug-likeness (QED) is 0.829. The van der Waals surface area contributed by atoms with Crippen LogP contribution in [-0.4, -0.2) is 35.8 Å². The van der Waals surface area contributed by atoms with Crippen LogP contribution in [0.5, 0.6) is 0 Å². The van der Waals surface area contributed by atoms with Gasteiger partial charge in [-0.25, -0.2) is 0 Å². The number of carbonyl (C=O) groups is 2. The van der Waals surface area contributed by atoms with Gasteiger partial charge in [0, 0.05) is 12.6 Å². The van der Waals surface area contributed by atoms with Gasteiger partial charge in [-0.3, -0.25) is 19.4 Å². The number of benzene rings is 2. The first-order valence-corrected chi connectivity index (χ1v) is 9.41. The highest BCUT2D eigenvalue weighted by Crippen LogP contribution is 2.37. The first-order valence-electron chi connectivity index (χ1n) is 9.41. The van der Waals surface area contributed by atoms with Gasteiger partial charge < -0.3 is 5.32 Å². The summed E-state index contributed by atoms with van der Waals surface area (Å²) < 4.78 is 39.0. The van der Waals surface area contributed by atoms with E-state index in [-0.39, 0.29) is 30.4 Å². The maximum Gasteiger partial charge on any atom is 0.416 e. The second kappa shape index (κ2) is 7.51. The molecule has 0 saturated heterocycles. The Hall–Kier alpha value is -2.87. The minimum absolute atomic E-state index is 0.00505. The molecule has 0 atom stereocenters. The highest BCUT2D eigenvalue weighted by Gasteiger charge is 2.36. The van der Waals surface area contributed by atoms with Gasteiger partial charge in [0.05, 0.1) is 23.5 Å². The number of nitrogens with one attached hydrogen (secondary N) is 1. The molecular weight excluding hydrogens is 383 g/mol. The molecule has 1 heterocycles. The molecule has 0 aromatic heterocycles. The molecule has 152 valence electrons. The van der Waals surface area contributed by atoms with Crippen molar-refractivity contribution in [1.82, 2.24) is 4.90 Å². The third-order valence-corrected chi connectivity index (χ3v) is 5.12. The predicted molar refractivity (Wildman–Crippen MR) is 102 cm³/mol. The van der Waals surface area contributed by atoms with E-state index >= 15 is 0 Å². The minimum atomic E-state index is -4.52. The van der Waals surface area contributed by atoms with E-state index in [9.17, 15) is 22.8 Å². The number of alkyl halides is 3. The molecule has 2 aromatic rings. The molecule has 0 radical (unpaired) electrons. The van der Waals surface area contributed by atoms with Gasteiger partial charge in [0.2, 0.25) is 11.8 Å². The number of fused-ring (bicyclic) bond motifs is 1. The fraction of sp³-hybridized carbons (Fsp3) is 0.333. The van der Waals surface area contributed by atoms with E-state index in [2.05, 4.69) is 10.2 Å². The Bertz CT molecular complexity index is 927. The van der Waals surface area contributed by atoms with E-state index in [1.54, 1.807) is 0 Å². The monoisotopic (exact) mass is 403 g/mol. The lowest BCUT2D eigenvalue weighted by Crippen LogP contribution is -2.47. The molecule has 1 fully saturated rings. The highest BCUT2D eigenvalue weighted by molar-refractivity contribution is 6.10. The third kappa shape index (κ3) is 4.42. The van der Waals surface area contributed by atoms with Crippen LogP contribution in [0.4, 0.5) is 24.5 Å². The SMILES string of the molecule is O=C1CN(C(=O)CN(Cc2ccccc2)C2CC2)c2ccc(C(F)(F)F)cc2N1. The molecule has 4 rings (SSSR count). The molecule has 1 aliphatic carbocycles. The Labute approximate surface area is 166 Å². The molecule has 2 amide bonds. The van der Waals surface area contributed by atoms with Crippen LogP contribution in [-0.2, 0) is 22.3 Å². The summed E-state index contributed by atoms with van der Waals surface area (Å²) in [4.78, 5) is 28.4. The molecule has 2 aliphatic rings. The fourth-order valence-corrected chi connectivity index (χ4v) is 3.52. The van der Waals surface area contributed by atoms with E-state index < -0.39 is 17.6 Å². The topological polar surface area (TPSA) is 52.7 Å². The number of halogens is 3. The number of anilines is 2. The summed E-state index contributed by atoms with van der Waals surface area (Å²) in [5, 5.41) is 2.44. The van der Waals surface area contributed by atoms with Crippen LogP contribution >= 0.6 is 0 Å². The van der Waals surface area contributed by atoms with E-state index in [0.29, 0.717) is 12.6 Å². The predicted octanol–water partition coefficient (Wildman–Crippen LogP) is 3.66. The van der Waals surface area contributed by atoms with E-state index in [0.717, 1.165) is 30.5 Å². The lowest BCUT2D eigenvalue weighted by atomic mass is 10.1. The maximum atomic E-state index is 13.0. The van der Waals surface area contributed by atoms with Gasteiger partial charge in [0.15, 0.2) is 0 Å². The zero-order valence-corrected chi connectivity index (χ0v) is 15.6. The molecule has 1 N–H and O–H groups in total. The fourth-order valence-electron chi connectivity index (χ4n) is 3.52. The van der Waals surface area contributed by atoms with Crippen LogP contribution in [0.3, 0.4) is 0 Å². The summed E-state index contributed by atoms with van der Waals surface area (Å²) in [6, 6.07) is 13.1. The first-order chi connectivity index (χ1) is 13.8. The molecule has 0 bridgehead atoms. The van der Waals surface area contributed by atoms with Crippen molar-refractivity contribution in [3.8, 4) is 0 Å². The van der Waals surface area contributed by atoms with E-state index in [1.807, 2.05) is 30.3 Å². The van der Waals surface area contributed by atoms with Crippen molar-refractivity contribution in [3.63, 3.8) is 0 Å². The Balaban J connectivity index is 1.54. The molecular formula is C21H20F3N3O2. The van der Waals surface area contributed by atoms with Crippen molar-refractivity contribution < 1.29 is 22.8 Å². The first kappa shape index (κ1) is 19.4. The Morgan fingerprint density at radius 1 is 1.14 bits per heavy atom. The smallest absolute Gasteiger partial charge is 0.323 e. The number of amides is 2. The molecule has 0 spiro atoms. The van der Waals surface area contributed by atoms with Crippen molar-refractivity contribution in [1.29, 1.82) is 0 Å². The number of hydrogen-bond acceptors (Lipinski definition) is 3. The summed E-state index contributed by atoms with van der Waals surface area (Å²) in [6.07, 6.45) is -2.51. The van der Waals surface area contributed by atoms with Crippen molar-refractivity contribution >= 4 is 23.2 Å². The molecule has 0 unspecified atom stereocenters. The molecule has 5 nitrogen and oxygen atoms in total. The number of nitrogens with zero attached hydrogens (tertiary/aromatic N) is 2. The van der Waals surface area contributed by atoms with Gasteiger partial charge in [-0.2, -0.15) is 13.2 Å². The average Bonchev–Trinajstić information content (AvgIpc) is 3.51. The number of rotatable bonds is 5. The van der Waals surface area contributed by atoms with Crippen molar-refractivity contribution in [3.05, 3.63) is 59.7 Å². The summed E-state index contributed by atoms with van der Waals surface area (Å²) in [6.45, 7) is 0.505. The van der Waals surface area contributed by atoms with Gasteiger partial charge in [0.25, 0.3) is 0 Å². The standard InChI is InChI=1S/C21H20F3N3O2/c22-21(23,24)15-6-9-18-17(10-15)25-19(28)12-27(18)20(29)13-26(16-7-8-16)11-14-4-2-1-3-5-14/h1-6,9-10,16H,7-8,11-13H2,(H,25,28). The van der Waals surface area contributed by atoms with Gasteiger partial charge in [-0.1, -0.05) is 30.3 Å². The summed E-state index contributed by atoms with van der Waals surface area (Å²) in [5.41, 5.74) is 0.511. The lowest BCUT2D eigenvalue weighted by molar-refractivity contribution is -0.137. The zero-order chi connectivity index (χ0) is 20.6. The van der Waals surface area contributed by atoms with Gasteiger partial charge in [-0.15, -0.1) is 0 Å². The number of carbonyl (C=O) groups excluding carboxylic acids is 2. The third-order valence-electron chi connectivity index (χ3n) is 5.12. The van der Waals surface area contributed by atoms with Crippen molar-refractivity contribution in [2.75, 3.05) is 23.3 Å². The normalized spacial score (nSPS) is 16.6. The highest BCUT2D eigenvalue weighted by atomic mass is 19.4. The number of hydrogen-bond donors (Lipinski definition) is 1. The Morgan fingerprint density at radius 2 is 1.86 bits per heavy atom. The van der Waals surface area contributed by atoms with Crippen LogP contribution in [0.15, 0.2) is 48.5 Å². The van der Waals surface area contributed by atoms with Crippen LogP contribution in [0.1, 0.15) is 24.0 Å². The Morgan fingerprint density at radius 3 is 2.52 bits per heavy atom. The average molecular weight is 403 g/mol. The second-order valence-corrected chi connectivity index (χ2v) is 7.38.